The molecule has 1 atom stereocenters. The lowest BCUT2D eigenvalue weighted by Gasteiger charge is -2.28. The van der Waals surface area contributed by atoms with Crippen molar-refractivity contribution in [2.24, 2.45) is 14.1 Å². The molecule has 1 aliphatic heterocycles. The molecule has 0 aliphatic carbocycles. The van der Waals surface area contributed by atoms with Crippen LogP contribution in [0, 0.1) is 0 Å². The Morgan fingerprint density at radius 1 is 1.00 bits per heavy atom. The average molecular weight is 439 g/mol. The first kappa shape index (κ1) is 22.6. The van der Waals surface area contributed by atoms with Crippen molar-refractivity contribution in [3.63, 3.8) is 0 Å². The maximum atomic E-state index is 12.1. The van der Waals surface area contributed by atoms with E-state index in [0.29, 0.717) is 26.2 Å². The van der Waals surface area contributed by atoms with Crippen LogP contribution in [0.4, 0.5) is 0 Å². The van der Waals surface area contributed by atoms with E-state index in [1.54, 1.807) is 23.2 Å². The minimum absolute atomic E-state index is 0.0151. The topological polar surface area (TPSA) is 71.7 Å². The van der Waals surface area contributed by atoms with Crippen molar-refractivity contribution >= 4 is 11.0 Å². The first-order valence-corrected chi connectivity index (χ1v) is 11.5. The largest absolute Gasteiger partial charge is 0.491 e. The van der Waals surface area contributed by atoms with Gasteiger partial charge in [-0.25, -0.2) is 4.79 Å². The molecule has 1 saturated heterocycles. The van der Waals surface area contributed by atoms with Crippen molar-refractivity contribution < 1.29 is 9.84 Å². The Morgan fingerprint density at radius 3 is 2.56 bits per heavy atom. The predicted molar refractivity (Wildman–Crippen MR) is 127 cm³/mol. The minimum Gasteiger partial charge on any atom is -0.491 e. The zero-order chi connectivity index (χ0) is 22.5. The molecule has 0 unspecified atom stereocenters. The Hall–Kier alpha value is -2.61. The third-order valence-corrected chi connectivity index (χ3v) is 6.30. The summed E-state index contributed by atoms with van der Waals surface area (Å²) in [5.41, 5.74) is 4.03. The van der Waals surface area contributed by atoms with Crippen molar-refractivity contribution in [1.29, 1.82) is 0 Å². The summed E-state index contributed by atoms with van der Waals surface area (Å²) in [7, 11) is 3.60. The molecular weight excluding hydrogens is 404 g/mol. The Kier molecular flexibility index (Phi) is 7.29. The number of hydrogen-bond acceptors (Lipinski definition) is 5. The number of piperidine rings is 1. The molecule has 0 radical (unpaired) electrons. The van der Waals surface area contributed by atoms with Crippen LogP contribution in [0.5, 0.6) is 5.75 Å². The Bertz CT molecular complexity index is 1100. The summed E-state index contributed by atoms with van der Waals surface area (Å²) < 4.78 is 9.32. The summed E-state index contributed by atoms with van der Waals surface area (Å²) in [6.07, 6.45) is 3.24. The van der Waals surface area contributed by atoms with Gasteiger partial charge >= 0.3 is 5.69 Å². The van der Waals surface area contributed by atoms with Crippen LogP contribution >= 0.6 is 0 Å². The van der Waals surface area contributed by atoms with Crippen LogP contribution in [0.15, 0.2) is 47.3 Å². The predicted octanol–water partition coefficient (Wildman–Crippen LogP) is 2.39. The first-order chi connectivity index (χ1) is 15.5. The Morgan fingerprint density at radius 2 is 1.75 bits per heavy atom. The number of rotatable bonds is 9. The highest BCUT2D eigenvalue weighted by molar-refractivity contribution is 5.76. The summed E-state index contributed by atoms with van der Waals surface area (Å²) in [6.45, 7) is 4.45. The number of likely N-dealkylation sites (tertiary alicyclic amines) is 1. The number of aliphatic hydroxyl groups is 1. The molecule has 2 heterocycles. The molecule has 0 bridgehead atoms. The SMILES string of the molecule is Cn1c(=O)n(C)c2cc(CNCc3ccccc3OC[C@@H](O)CN3CCCCC3)ccc21. The second-order valence-corrected chi connectivity index (χ2v) is 8.76. The molecule has 172 valence electrons. The molecule has 7 nitrogen and oxygen atoms in total. The van der Waals surface area contributed by atoms with Gasteiger partial charge in [0.25, 0.3) is 0 Å². The van der Waals surface area contributed by atoms with Gasteiger partial charge < -0.3 is 20.1 Å². The number of aliphatic hydroxyl groups excluding tert-OH is 1. The lowest BCUT2D eigenvalue weighted by atomic mass is 10.1. The monoisotopic (exact) mass is 438 g/mol. The van der Waals surface area contributed by atoms with Crippen LogP contribution in [-0.2, 0) is 27.2 Å². The molecule has 3 aromatic rings. The number of benzene rings is 2. The molecule has 1 aliphatic rings. The van der Waals surface area contributed by atoms with E-state index >= 15 is 0 Å². The number of aryl methyl sites for hydroxylation is 2. The van der Waals surface area contributed by atoms with E-state index in [1.165, 1.54) is 19.3 Å². The molecule has 1 fully saturated rings. The van der Waals surface area contributed by atoms with E-state index in [9.17, 15) is 9.90 Å². The van der Waals surface area contributed by atoms with E-state index in [0.717, 1.165) is 41.0 Å². The molecule has 0 saturated carbocycles. The zero-order valence-electron chi connectivity index (χ0n) is 19.1. The van der Waals surface area contributed by atoms with Crippen molar-refractivity contribution in [3.05, 3.63) is 64.1 Å². The standard InChI is InChI=1S/C25H34N4O3/c1-27-22-11-10-19(14-23(22)28(2)25(27)31)15-26-16-20-8-4-5-9-24(20)32-18-21(30)17-29-12-6-3-7-13-29/h4-5,8-11,14,21,26,30H,3,6-7,12-13,15-18H2,1-2H3/t21-/m0/s1. The fourth-order valence-electron chi connectivity index (χ4n) is 4.47. The maximum Gasteiger partial charge on any atom is 0.328 e. The van der Waals surface area contributed by atoms with Crippen LogP contribution in [0.1, 0.15) is 30.4 Å². The van der Waals surface area contributed by atoms with E-state index < -0.39 is 6.10 Å². The second-order valence-electron chi connectivity index (χ2n) is 8.76. The molecule has 2 N–H and O–H groups in total. The highest BCUT2D eigenvalue weighted by Gasteiger charge is 2.15. The van der Waals surface area contributed by atoms with Crippen LogP contribution in [0.2, 0.25) is 0 Å². The van der Waals surface area contributed by atoms with Crippen molar-refractivity contribution in [3.8, 4) is 5.75 Å². The first-order valence-electron chi connectivity index (χ1n) is 11.5. The van der Waals surface area contributed by atoms with Crippen LogP contribution in [0.25, 0.3) is 11.0 Å². The smallest absolute Gasteiger partial charge is 0.328 e. The Balaban J connectivity index is 1.32. The number of aromatic nitrogens is 2. The van der Waals surface area contributed by atoms with Gasteiger partial charge in [-0.15, -0.1) is 0 Å². The van der Waals surface area contributed by atoms with Gasteiger partial charge in [-0.2, -0.15) is 0 Å². The van der Waals surface area contributed by atoms with Crippen molar-refractivity contribution in [2.75, 3.05) is 26.2 Å². The van der Waals surface area contributed by atoms with E-state index in [2.05, 4.69) is 16.3 Å². The molecule has 32 heavy (non-hydrogen) atoms. The second kappa shape index (κ2) is 10.3. The fourth-order valence-corrected chi connectivity index (χ4v) is 4.47. The number of nitrogens with one attached hydrogen (secondary N) is 1. The molecule has 7 heteroatoms. The van der Waals surface area contributed by atoms with E-state index in [-0.39, 0.29) is 5.69 Å². The molecule has 0 amide bonds. The quantitative estimate of drug-likeness (QED) is 0.537. The summed E-state index contributed by atoms with van der Waals surface area (Å²) in [4.78, 5) is 14.5. The molecular formula is C25H34N4O3. The lowest BCUT2D eigenvalue weighted by molar-refractivity contribution is 0.0614. The number of nitrogens with zero attached hydrogens (tertiary/aromatic N) is 3. The maximum absolute atomic E-state index is 12.1. The number of para-hydroxylation sites is 1. The summed E-state index contributed by atoms with van der Waals surface area (Å²) in [5, 5.41) is 13.9. The molecule has 0 spiro atoms. The number of ether oxygens (including phenoxy) is 1. The van der Waals surface area contributed by atoms with Gasteiger partial charge in [-0.3, -0.25) is 9.13 Å². The number of imidazole rings is 1. The minimum atomic E-state index is -0.488. The summed E-state index contributed by atoms with van der Waals surface area (Å²) >= 11 is 0. The normalized spacial score (nSPS) is 15.8. The zero-order valence-corrected chi connectivity index (χ0v) is 19.1. The van der Waals surface area contributed by atoms with Gasteiger partial charge in [0, 0.05) is 39.3 Å². The third-order valence-electron chi connectivity index (χ3n) is 6.30. The van der Waals surface area contributed by atoms with Gasteiger partial charge in [0.15, 0.2) is 0 Å². The van der Waals surface area contributed by atoms with Gasteiger partial charge in [0.1, 0.15) is 18.5 Å². The molecule has 4 rings (SSSR count). The highest BCUT2D eigenvalue weighted by atomic mass is 16.5. The third kappa shape index (κ3) is 5.23. The van der Waals surface area contributed by atoms with Gasteiger partial charge in [0.2, 0.25) is 0 Å². The van der Waals surface area contributed by atoms with Crippen molar-refractivity contribution in [1.82, 2.24) is 19.4 Å². The summed E-state index contributed by atoms with van der Waals surface area (Å²) in [6, 6.07) is 14.1. The number of fused-ring (bicyclic) bond motifs is 1. The molecule has 1 aromatic heterocycles. The fraction of sp³-hybridized carbons (Fsp3) is 0.480. The molecule has 2 aromatic carbocycles. The van der Waals surface area contributed by atoms with Crippen LogP contribution in [0.3, 0.4) is 0 Å². The number of hydrogen-bond donors (Lipinski definition) is 2. The van der Waals surface area contributed by atoms with Gasteiger partial charge in [0.05, 0.1) is 11.0 Å². The van der Waals surface area contributed by atoms with E-state index in [4.69, 9.17) is 4.74 Å². The highest BCUT2D eigenvalue weighted by Crippen LogP contribution is 2.19. The summed E-state index contributed by atoms with van der Waals surface area (Å²) in [5.74, 6) is 0.804. The number of β-amino-alcohol motifs (C(OH)–C–C–N with tert-alkyl or cyclic N) is 1. The average Bonchev–Trinajstić information content (AvgIpc) is 3.03. The van der Waals surface area contributed by atoms with Crippen LogP contribution < -0.4 is 15.7 Å². The Labute approximate surface area is 189 Å². The van der Waals surface area contributed by atoms with Crippen LogP contribution in [-0.4, -0.2) is 51.5 Å². The lowest BCUT2D eigenvalue weighted by Crippen LogP contribution is -2.38. The van der Waals surface area contributed by atoms with Gasteiger partial charge in [-0.1, -0.05) is 30.7 Å². The van der Waals surface area contributed by atoms with Gasteiger partial charge in [-0.05, 0) is 49.7 Å². The van der Waals surface area contributed by atoms with Crippen molar-refractivity contribution in [2.45, 2.75) is 38.5 Å². The van der Waals surface area contributed by atoms with E-state index in [1.807, 2.05) is 36.4 Å².